The van der Waals surface area contributed by atoms with Crippen molar-refractivity contribution in [3.8, 4) is 0 Å². The molecule has 1 amide bonds. The van der Waals surface area contributed by atoms with Crippen LogP contribution in [0.15, 0.2) is 10.6 Å². The third-order valence-electron chi connectivity index (χ3n) is 3.96. The molecular formula is C17H26N4O4. The molecule has 0 aliphatic carbocycles. The van der Waals surface area contributed by atoms with Gasteiger partial charge in [0.1, 0.15) is 6.61 Å². The van der Waals surface area contributed by atoms with Gasteiger partial charge in [-0.1, -0.05) is 5.16 Å². The van der Waals surface area contributed by atoms with Crippen molar-refractivity contribution in [2.45, 2.75) is 39.8 Å². The summed E-state index contributed by atoms with van der Waals surface area (Å²) < 4.78 is 17.2. The molecule has 0 aliphatic rings. The Hall–Kier alpha value is -2.19. The Morgan fingerprint density at radius 1 is 1.32 bits per heavy atom. The van der Waals surface area contributed by atoms with Crippen molar-refractivity contribution in [3.05, 3.63) is 34.7 Å². The van der Waals surface area contributed by atoms with Crippen LogP contribution < -0.4 is 5.32 Å². The molecule has 2 aromatic rings. The molecule has 0 aliphatic heterocycles. The van der Waals surface area contributed by atoms with Crippen LogP contribution in [0.5, 0.6) is 0 Å². The molecule has 2 heterocycles. The number of ether oxygens (including phenoxy) is 2. The maximum Gasteiger partial charge on any atom is 0.253 e. The lowest BCUT2D eigenvalue weighted by atomic mass is 10.2. The zero-order valence-electron chi connectivity index (χ0n) is 15.3. The largest absolute Gasteiger partial charge is 0.385 e. The summed E-state index contributed by atoms with van der Waals surface area (Å²) in [6, 6.07) is 1.92. The maximum absolute atomic E-state index is 12.4. The predicted molar refractivity (Wildman–Crippen MR) is 91.4 cm³/mol. The molecule has 0 atom stereocenters. The minimum Gasteiger partial charge on any atom is -0.385 e. The highest BCUT2D eigenvalue weighted by atomic mass is 16.5. The summed E-state index contributed by atoms with van der Waals surface area (Å²) in [7, 11) is 3.26. The van der Waals surface area contributed by atoms with E-state index in [0.717, 1.165) is 24.4 Å². The number of nitrogens with one attached hydrogen (secondary N) is 1. The number of carbonyl (C=O) groups excluding carboxylic acids is 1. The number of aromatic nitrogens is 3. The van der Waals surface area contributed by atoms with E-state index < -0.39 is 0 Å². The van der Waals surface area contributed by atoms with Crippen LogP contribution in [0.25, 0.3) is 0 Å². The summed E-state index contributed by atoms with van der Waals surface area (Å²) in [5, 5.41) is 6.76. The van der Waals surface area contributed by atoms with Gasteiger partial charge in [0.05, 0.1) is 5.56 Å². The molecule has 2 rings (SSSR count). The molecule has 138 valence electrons. The van der Waals surface area contributed by atoms with Crippen LogP contribution in [-0.4, -0.2) is 48.0 Å². The Balaban J connectivity index is 1.88. The van der Waals surface area contributed by atoms with Gasteiger partial charge in [-0.05, 0) is 26.3 Å². The fourth-order valence-corrected chi connectivity index (χ4v) is 2.70. The summed E-state index contributed by atoms with van der Waals surface area (Å²) in [5.74, 6) is 0.896. The summed E-state index contributed by atoms with van der Waals surface area (Å²) in [5.41, 5.74) is 2.73. The van der Waals surface area contributed by atoms with Gasteiger partial charge in [-0.3, -0.25) is 4.79 Å². The minimum atomic E-state index is -0.0910. The summed E-state index contributed by atoms with van der Waals surface area (Å²) in [6.07, 6.45) is 1.42. The molecule has 0 unspecified atom stereocenters. The molecule has 8 heteroatoms. The van der Waals surface area contributed by atoms with Crippen molar-refractivity contribution in [1.29, 1.82) is 0 Å². The van der Waals surface area contributed by atoms with E-state index in [-0.39, 0.29) is 12.5 Å². The molecule has 0 radical (unpaired) electrons. The first-order valence-electron chi connectivity index (χ1n) is 8.31. The molecule has 8 nitrogen and oxygen atoms in total. The number of hydrogen-bond acceptors (Lipinski definition) is 6. The van der Waals surface area contributed by atoms with Crippen molar-refractivity contribution < 1.29 is 18.8 Å². The normalized spacial score (nSPS) is 11.0. The van der Waals surface area contributed by atoms with Crippen molar-refractivity contribution in [2.24, 2.45) is 0 Å². The number of nitrogens with zero attached hydrogens (tertiary/aromatic N) is 3. The Bertz CT molecular complexity index is 693. The van der Waals surface area contributed by atoms with Crippen molar-refractivity contribution >= 4 is 5.91 Å². The van der Waals surface area contributed by atoms with Gasteiger partial charge in [-0.15, -0.1) is 0 Å². The molecule has 0 aromatic carbocycles. The summed E-state index contributed by atoms with van der Waals surface area (Å²) in [4.78, 5) is 16.6. The molecule has 1 N–H and O–H groups in total. The van der Waals surface area contributed by atoms with E-state index in [9.17, 15) is 4.79 Å². The van der Waals surface area contributed by atoms with Crippen LogP contribution in [0.2, 0.25) is 0 Å². The lowest BCUT2D eigenvalue weighted by molar-refractivity contribution is 0.0953. The second-order valence-corrected chi connectivity index (χ2v) is 5.83. The third kappa shape index (κ3) is 5.14. The van der Waals surface area contributed by atoms with Crippen LogP contribution in [-0.2, 0) is 29.0 Å². The van der Waals surface area contributed by atoms with E-state index in [1.165, 1.54) is 0 Å². The SMILES string of the molecule is COCCCn1c(C)cc(C(=O)NCCc2noc(COC)n2)c1C. The van der Waals surface area contributed by atoms with Gasteiger partial charge in [0.15, 0.2) is 5.82 Å². The molecular weight excluding hydrogens is 324 g/mol. The molecule has 0 saturated heterocycles. The Kier molecular flexibility index (Phi) is 7.15. The van der Waals surface area contributed by atoms with Crippen molar-refractivity contribution in [1.82, 2.24) is 20.0 Å². The van der Waals surface area contributed by atoms with E-state index in [0.29, 0.717) is 36.9 Å². The Morgan fingerprint density at radius 2 is 2.12 bits per heavy atom. The van der Waals surface area contributed by atoms with E-state index in [1.807, 2.05) is 19.9 Å². The van der Waals surface area contributed by atoms with E-state index in [4.69, 9.17) is 14.0 Å². The molecule has 0 bridgehead atoms. The van der Waals surface area contributed by atoms with Crippen LogP contribution in [0, 0.1) is 13.8 Å². The predicted octanol–water partition coefficient (Wildman–Crippen LogP) is 1.64. The molecule has 0 spiro atoms. The number of carbonyl (C=O) groups is 1. The molecule has 0 fully saturated rings. The van der Waals surface area contributed by atoms with Gasteiger partial charge < -0.3 is 23.9 Å². The van der Waals surface area contributed by atoms with Gasteiger partial charge >= 0.3 is 0 Å². The number of amides is 1. The number of aryl methyl sites for hydroxylation is 1. The minimum absolute atomic E-state index is 0.0910. The van der Waals surface area contributed by atoms with Gasteiger partial charge in [-0.25, -0.2) is 0 Å². The van der Waals surface area contributed by atoms with E-state index in [2.05, 4.69) is 20.0 Å². The lowest BCUT2D eigenvalue weighted by Gasteiger charge is -2.09. The van der Waals surface area contributed by atoms with Gasteiger partial charge in [0.25, 0.3) is 11.8 Å². The lowest BCUT2D eigenvalue weighted by Crippen LogP contribution is -2.26. The Labute approximate surface area is 147 Å². The first-order valence-corrected chi connectivity index (χ1v) is 8.31. The number of methoxy groups -OCH3 is 2. The summed E-state index contributed by atoms with van der Waals surface area (Å²) >= 11 is 0. The third-order valence-corrected chi connectivity index (χ3v) is 3.96. The smallest absolute Gasteiger partial charge is 0.253 e. The van der Waals surface area contributed by atoms with Crippen LogP contribution in [0.1, 0.15) is 39.9 Å². The van der Waals surface area contributed by atoms with Crippen molar-refractivity contribution in [3.63, 3.8) is 0 Å². The van der Waals surface area contributed by atoms with Gasteiger partial charge in [0, 0.05) is 51.7 Å². The molecule has 25 heavy (non-hydrogen) atoms. The molecule has 0 saturated carbocycles. The monoisotopic (exact) mass is 350 g/mol. The standard InChI is InChI=1S/C17H26N4O4/c1-12-10-14(13(2)21(12)8-5-9-23-3)17(22)18-7-6-15-19-16(11-24-4)25-20-15/h10H,5-9,11H2,1-4H3,(H,18,22). The average molecular weight is 350 g/mol. The van der Waals surface area contributed by atoms with Crippen LogP contribution in [0.3, 0.4) is 0 Å². The average Bonchev–Trinajstić information content (AvgIpc) is 3.14. The Morgan fingerprint density at radius 3 is 2.84 bits per heavy atom. The maximum atomic E-state index is 12.4. The second-order valence-electron chi connectivity index (χ2n) is 5.83. The van der Waals surface area contributed by atoms with E-state index in [1.54, 1.807) is 14.2 Å². The van der Waals surface area contributed by atoms with Crippen LogP contribution >= 0.6 is 0 Å². The zero-order valence-corrected chi connectivity index (χ0v) is 15.3. The highest BCUT2D eigenvalue weighted by molar-refractivity contribution is 5.95. The second kappa shape index (κ2) is 9.33. The number of hydrogen-bond donors (Lipinski definition) is 1. The topological polar surface area (TPSA) is 91.4 Å². The summed E-state index contributed by atoms with van der Waals surface area (Å²) in [6.45, 7) is 6.24. The van der Waals surface area contributed by atoms with E-state index >= 15 is 0 Å². The highest BCUT2D eigenvalue weighted by Gasteiger charge is 2.15. The zero-order chi connectivity index (χ0) is 18.2. The fourth-order valence-electron chi connectivity index (χ4n) is 2.70. The number of rotatable bonds is 10. The van der Waals surface area contributed by atoms with Crippen LogP contribution in [0.4, 0.5) is 0 Å². The quantitative estimate of drug-likeness (QED) is 0.655. The van der Waals surface area contributed by atoms with Gasteiger partial charge in [-0.2, -0.15) is 4.98 Å². The van der Waals surface area contributed by atoms with Crippen molar-refractivity contribution in [2.75, 3.05) is 27.4 Å². The highest BCUT2D eigenvalue weighted by Crippen LogP contribution is 2.15. The first-order chi connectivity index (χ1) is 12.1. The first kappa shape index (κ1) is 19.1. The van der Waals surface area contributed by atoms with Gasteiger partial charge in [0.2, 0.25) is 0 Å². The molecule has 2 aromatic heterocycles. The fraction of sp³-hybridized carbons (Fsp3) is 0.588.